The molecule has 0 aliphatic rings. The summed E-state index contributed by atoms with van der Waals surface area (Å²) in [5, 5.41) is 28.3. The van der Waals surface area contributed by atoms with Crippen LogP contribution in [0.5, 0.6) is 5.75 Å². The van der Waals surface area contributed by atoms with Crippen LogP contribution in [0.25, 0.3) is 0 Å². The van der Waals surface area contributed by atoms with E-state index in [2.05, 4.69) is 13.8 Å². The predicted molar refractivity (Wildman–Crippen MR) is 87.8 cm³/mol. The zero-order valence-corrected chi connectivity index (χ0v) is 13.8. The number of aliphatic hydroxyl groups excluding tert-OH is 2. The second-order valence-corrected chi connectivity index (χ2v) is 5.82. The van der Waals surface area contributed by atoms with Crippen LogP contribution in [-0.4, -0.2) is 28.5 Å². The maximum Gasteiger partial charge on any atom is 0.126 e. The Morgan fingerprint density at radius 3 is 2.23 bits per heavy atom. The van der Waals surface area contributed by atoms with Crippen molar-refractivity contribution in [3.8, 4) is 5.75 Å². The Morgan fingerprint density at radius 1 is 1.09 bits per heavy atom. The van der Waals surface area contributed by atoms with Crippen molar-refractivity contribution in [2.75, 3.05) is 13.2 Å². The van der Waals surface area contributed by atoms with Crippen LogP contribution < -0.4 is 0 Å². The molecule has 1 aromatic carbocycles. The summed E-state index contributed by atoms with van der Waals surface area (Å²) in [6.45, 7) is 5.34. The highest BCUT2D eigenvalue weighted by atomic mass is 16.5. The number of unbranched alkanes of at least 4 members (excludes halogenated alkanes) is 1. The molecule has 0 radical (unpaired) electrons. The zero-order chi connectivity index (χ0) is 16.4. The van der Waals surface area contributed by atoms with Crippen molar-refractivity contribution in [1.29, 1.82) is 0 Å². The average molecular weight is 310 g/mol. The fourth-order valence-corrected chi connectivity index (χ4v) is 2.56. The van der Waals surface area contributed by atoms with Gasteiger partial charge in [-0.15, -0.1) is 0 Å². The number of ether oxygens (including phenoxy) is 1. The molecular weight excluding hydrogens is 280 g/mol. The van der Waals surface area contributed by atoms with Gasteiger partial charge in [0.2, 0.25) is 0 Å². The maximum absolute atomic E-state index is 9.82. The molecule has 0 aliphatic carbocycles. The first-order chi connectivity index (χ1) is 10.7. The van der Waals surface area contributed by atoms with E-state index in [1.807, 2.05) is 0 Å². The predicted octanol–water partition coefficient (Wildman–Crippen LogP) is 3.15. The van der Waals surface area contributed by atoms with Crippen molar-refractivity contribution < 1.29 is 20.1 Å². The van der Waals surface area contributed by atoms with E-state index in [0.29, 0.717) is 30.1 Å². The van der Waals surface area contributed by atoms with Gasteiger partial charge in [0, 0.05) is 17.7 Å². The number of rotatable bonds is 11. The molecule has 4 nitrogen and oxygen atoms in total. The minimum absolute atomic E-state index is 0.0136. The number of hydrogen-bond donors (Lipinski definition) is 3. The lowest BCUT2D eigenvalue weighted by atomic mass is 10.0. The van der Waals surface area contributed by atoms with Gasteiger partial charge in [-0.1, -0.05) is 33.1 Å². The third kappa shape index (κ3) is 5.95. The summed E-state index contributed by atoms with van der Waals surface area (Å²) in [5.74, 6) is 0.612. The second-order valence-electron chi connectivity index (χ2n) is 5.82. The highest BCUT2D eigenvalue weighted by Gasteiger charge is 2.10. The molecule has 3 N–H and O–H groups in total. The lowest BCUT2D eigenvalue weighted by Gasteiger charge is -2.15. The van der Waals surface area contributed by atoms with Crippen molar-refractivity contribution in [2.45, 2.75) is 59.2 Å². The molecule has 0 aliphatic heterocycles. The summed E-state index contributed by atoms with van der Waals surface area (Å²) in [6.07, 6.45) is 5.54. The molecule has 0 aromatic heterocycles. The standard InChI is InChI=1S/C18H30O4/c1-3-5-6-14(4-2)13-22-8-7-15-9-16(11-19)18(21)17(10-15)12-20/h9-10,14,19-21H,3-8,11-13H2,1-2H3. The Bertz CT molecular complexity index is 406. The number of aromatic hydroxyl groups is 1. The molecule has 1 aromatic rings. The van der Waals surface area contributed by atoms with Gasteiger partial charge in [0.05, 0.1) is 19.8 Å². The fraction of sp³-hybridized carbons (Fsp3) is 0.667. The Balaban J connectivity index is 2.47. The van der Waals surface area contributed by atoms with Gasteiger partial charge in [-0.2, -0.15) is 0 Å². The maximum atomic E-state index is 9.82. The van der Waals surface area contributed by atoms with Gasteiger partial charge in [-0.05, 0) is 36.5 Å². The lowest BCUT2D eigenvalue weighted by Crippen LogP contribution is -2.11. The zero-order valence-electron chi connectivity index (χ0n) is 13.8. The summed E-state index contributed by atoms with van der Waals surface area (Å²) in [6, 6.07) is 3.54. The Kier molecular flexibility index (Phi) is 9.13. The van der Waals surface area contributed by atoms with Crippen LogP contribution in [0.1, 0.15) is 56.2 Å². The first-order valence-electron chi connectivity index (χ1n) is 8.29. The molecule has 0 bridgehead atoms. The van der Waals surface area contributed by atoms with E-state index in [9.17, 15) is 15.3 Å². The molecular formula is C18H30O4. The molecule has 1 atom stereocenters. The fourth-order valence-electron chi connectivity index (χ4n) is 2.56. The monoisotopic (exact) mass is 310 g/mol. The van der Waals surface area contributed by atoms with E-state index in [1.165, 1.54) is 19.3 Å². The van der Waals surface area contributed by atoms with Gasteiger partial charge in [0.25, 0.3) is 0 Å². The first-order valence-corrected chi connectivity index (χ1v) is 8.29. The van der Waals surface area contributed by atoms with Crippen molar-refractivity contribution in [3.05, 3.63) is 28.8 Å². The van der Waals surface area contributed by atoms with E-state index in [4.69, 9.17) is 4.74 Å². The SMILES string of the molecule is CCCCC(CC)COCCc1cc(CO)c(O)c(CO)c1. The third-order valence-corrected chi connectivity index (χ3v) is 4.10. The smallest absolute Gasteiger partial charge is 0.126 e. The summed E-state index contributed by atoms with van der Waals surface area (Å²) in [5.41, 5.74) is 1.87. The van der Waals surface area contributed by atoms with Crippen molar-refractivity contribution >= 4 is 0 Å². The van der Waals surface area contributed by atoms with Crippen LogP contribution in [-0.2, 0) is 24.4 Å². The van der Waals surface area contributed by atoms with E-state index in [1.54, 1.807) is 12.1 Å². The molecule has 126 valence electrons. The third-order valence-electron chi connectivity index (χ3n) is 4.10. The molecule has 0 saturated carbocycles. The molecule has 0 amide bonds. The summed E-state index contributed by atoms with van der Waals surface area (Å²) in [7, 11) is 0. The Hall–Kier alpha value is -1.10. The Labute approximate surface area is 133 Å². The number of hydrogen-bond acceptors (Lipinski definition) is 4. The molecule has 0 heterocycles. The van der Waals surface area contributed by atoms with Gasteiger partial charge in [0.1, 0.15) is 5.75 Å². The number of aliphatic hydroxyl groups is 2. The van der Waals surface area contributed by atoms with E-state index in [0.717, 1.165) is 18.6 Å². The minimum Gasteiger partial charge on any atom is -0.507 e. The van der Waals surface area contributed by atoms with Gasteiger partial charge in [-0.25, -0.2) is 0 Å². The summed E-state index contributed by atoms with van der Waals surface area (Å²) >= 11 is 0. The van der Waals surface area contributed by atoms with Gasteiger partial charge < -0.3 is 20.1 Å². The van der Waals surface area contributed by atoms with Gasteiger partial charge in [-0.3, -0.25) is 0 Å². The van der Waals surface area contributed by atoms with E-state index in [-0.39, 0.29) is 19.0 Å². The molecule has 0 spiro atoms. The van der Waals surface area contributed by atoms with E-state index < -0.39 is 0 Å². The highest BCUT2D eigenvalue weighted by molar-refractivity contribution is 5.43. The van der Waals surface area contributed by atoms with Crippen LogP contribution in [0, 0.1) is 5.92 Å². The van der Waals surface area contributed by atoms with Crippen LogP contribution in [0.2, 0.25) is 0 Å². The average Bonchev–Trinajstić information content (AvgIpc) is 2.55. The van der Waals surface area contributed by atoms with Gasteiger partial charge in [0.15, 0.2) is 0 Å². The largest absolute Gasteiger partial charge is 0.507 e. The van der Waals surface area contributed by atoms with Crippen LogP contribution in [0.3, 0.4) is 0 Å². The molecule has 0 saturated heterocycles. The van der Waals surface area contributed by atoms with E-state index >= 15 is 0 Å². The number of benzene rings is 1. The minimum atomic E-state index is -0.234. The number of phenols is 1. The van der Waals surface area contributed by atoms with Crippen LogP contribution in [0.4, 0.5) is 0 Å². The lowest BCUT2D eigenvalue weighted by molar-refractivity contribution is 0.0962. The summed E-state index contributed by atoms with van der Waals surface area (Å²) in [4.78, 5) is 0. The van der Waals surface area contributed by atoms with Gasteiger partial charge >= 0.3 is 0 Å². The van der Waals surface area contributed by atoms with Crippen molar-refractivity contribution in [2.24, 2.45) is 5.92 Å². The molecule has 4 heteroatoms. The van der Waals surface area contributed by atoms with Crippen LogP contribution >= 0.6 is 0 Å². The van der Waals surface area contributed by atoms with Crippen molar-refractivity contribution in [1.82, 2.24) is 0 Å². The first kappa shape index (κ1) is 18.9. The molecule has 0 fully saturated rings. The Morgan fingerprint density at radius 2 is 1.73 bits per heavy atom. The molecule has 1 unspecified atom stereocenters. The van der Waals surface area contributed by atoms with Crippen molar-refractivity contribution in [3.63, 3.8) is 0 Å². The molecule has 1 rings (SSSR count). The second kappa shape index (κ2) is 10.6. The summed E-state index contributed by atoms with van der Waals surface area (Å²) < 4.78 is 5.78. The topological polar surface area (TPSA) is 69.9 Å². The van der Waals surface area contributed by atoms with Crippen LogP contribution in [0.15, 0.2) is 12.1 Å². The quantitative estimate of drug-likeness (QED) is 0.549. The molecule has 22 heavy (non-hydrogen) atoms. The highest BCUT2D eigenvalue weighted by Crippen LogP contribution is 2.25. The normalized spacial score (nSPS) is 12.5.